The maximum atomic E-state index is 13.0. The molecule has 0 radical (unpaired) electrons. The van der Waals surface area contributed by atoms with Crippen molar-refractivity contribution in [2.45, 2.75) is 25.3 Å². The van der Waals surface area contributed by atoms with Gasteiger partial charge in [0.05, 0.1) is 11.6 Å². The molecule has 1 aliphatic heterocycles. The van der Waals surface area contributed by atoms with E-state index in [1.807, 2.05) is 29.2 Å². The third-order valence-electron chi connectivity index (χ3n) is 6.06. The number of likely N-dealkylation sites (N-methyl/N-ethyl adjacent to an activating group) is 1. The zero-order chi connectivity index (χ0) is 21.8. The van der Waals surface area contributed by atoms with Gasteiger partial charge < -0.3 is 19.5 Å². The molecule has 4 rings (SSSR count). The van der Waals surface area contributed by atoms with Gasteiger partial charge >= 0.3 is 11.8 Å². The molecule has 1 unspecified atom stereocenters. The molecule has 2 heterocycles. The van der Waals surface area contributed by atoms with E-state index >= 15 is 0 Å². The van der Waals surface area contributed by atoms with E-state index < -0.39 is 0 Å². The van der Waals surface area contributed by atoms with Crippen LogP contribution in [0.4, 0.5) is 4.79 Å². The number of nitrogens with one attached hydrogen (secondary N) is 1. The molecule has 0 spiro atoms. The largest absolute Gasteiger partial charge is 0.419 e. The normalized spacial score (nSPS) is 17.2. The van der Waals surface area contributed by atoms with Crippen LogP contribution in [0.1, 0.15) is 30.0 Å². The highest BCUT2D eigenvalue weighted by atomic mass is 16.4. The van der Waals surface area contributed by atoms with Crippen molar-refractivity contribution in [3.63, 3.8) is 0 Å². The summed E-state index contributed by atoms with van der Waals surface area (Å²) in [6, 6.07) is 16.1. The molecule has 2 amide bonds. The Labute approximate surface area is 182 Å². The Morgan fingerprint density at radius 2 is 1.90 bits per heavy atom. The third-order valence-corrected chi connectivity index (χ3v) is 6.06. The Morgan fingerprint density at radius 3 is 2.71 bits per heavy atom. The van der Waals surface area contributed by atoms with Crippen molar-refractivity contribution in [2.24, 2.45) is 7.05 Å². The van der Waals surface area contributed by atoms with Gasteiger partial charge in [0.25, 0.3) is 0 Å². The molecule has 164 valence electrons. The molecule has 1 N–H and O–H groups in total. The summed E-state index contributed by atoms with van der Waals surface area (Å²) < 4.78 is 6.85. The maximum absolute atomic E-state index is 13.0. The number of carbonyl (C=O) groups excluding carboxylic acids is 1. The number of rotatable bonds is 6. The molecule has 31 heavy (non-hydrogen) atoms. The highest BCUT2D eigenvalue weighted by Crippen LogP contribution is 2.27. The molecule has 0 saturated carbocycles. The van der Waals surface area contributed by atoms with Crippen molar-refractivity contribution >= 4 is 17.1 Å². The summed E-state index contributed by atoms with van der Waals surface area (Å²) in [5.74, 6) is -0.377. The Balaban J connectivity index is 1.38. The van der Waals surface area contributed by atoms with Crippen LogP contribution in [0.15, 0.2) is 57.7 Å². The van der Waals surface area contributed by atoms with Crippen molar-refractivity contribution < 1.29 is 9.21 Å². The summed E-state index contributed by atoms with van der Waals surface area (Å²) in [6.07, 6.45) is 3.01. The van der Waals surface area contributed by atoms with E-state index in [2.05, 4.69) is 41.5 Å². The van der Waals surface area contributed by atoms with Crippen LogP contribution in [0.2, 0.25) is 0 Å². The van der Waals surface area contributed by atoms with Crippen LogP contribution in [0, 0.1) is 0 Å². The van der Waals surface area contributed by atoms with Crippen LogP contribution in [0.5, 0.6) is 0 Å². The number of fused-ring (bicyclic) bond motifs is 1. The quantitative estimate of drug-likeness (QED) is 0.620. The first-order valence-electron chi connectivity index (χ1n) is 10.9. The minimum Gasteiger partial charge on any atom is -0.408 e. The lowest BCUT2D eigenvalue weighted by atomic mass is 10.0. The first-order chi connectivity index (χ1) is 15.0. The van der Waals surface area contributed by atoms with Gasteiger partial charge in [-0.15, -0.1) is 0 Å². The topological polar surface area (TPSA) is 70.7 Å². The van der Waals surface area contributed by atoms with Crippen LogP contribution < -0.4 is 11.1 Å². The monoisotopic (exact) mass is 422 g/mol. The van der Waals surface area contributed by atoms with Gasteiger partial charge in [0, 0.05) is 33.2 Å². The van der Waals surface area contributed by atoms with E-state index in [1.54, 1.807) is 7.05 Å². The molecule has 0 bridgehead atoms. The number of piperazine rings is 1. The molecule has 1 aliphatic rings. The lowest BCUT2D eigenvalue weighted by Gasteiger charge is -2.40. The number of oxazole rings is 1. The van der Waals surface area contributed by atoms with Crippen molar-refractivity contribution in [3.8, 4) is 0 Å². The average Bonchev–Trinajstić information content (AvgIpc) is 3.07. The first kappa shape index (κ1) is 21.2. The number of benzene rings is 2. The van der Waals surface area contributed by atoms with Crippen molar-refractivity contribution in [1.82, 2.24) is 19.7 Å². The number of aryl methyl sites for hydroxylation is 2. The van der Waals surface area contributed by atoms with Gasteiger partial charge in [-0.05, 0) is 49.6 Å². The average molecular weight is 423 g/mol. The predicted octanol–water partition coefficient (Wildman–Crippen LogP) is 3.15. The Morgan fingerprint density at radius 1 is 1.10 bits per heavy atom. The Kier molecular flexibility index (Phi) is 6.42. The van der Waals surface area contributed by atoms with Gasteiger partial charge in [0.2, 0.25) is 0 Å². The number of hydrogen-bond acceptors (Lipinski definition) is 4. The summed E-state index contributed by atoms with van der Waals surface area (Å²) in [4.78, 5) is 28.9. The fourth-order valence-corrected chi connectivity index (χ4v) is 4.20. The van der Waals surface area contributed by atoms with Gasteiger partial charge in [-0.1, -0.05) is 36.4 Å². The molecule has 7 nitrogen and oxygen atoms in total. The number of unbranched alkanes of at least 4 members (excludes halogenated alkanes) is 1. The molecule has 1 aromatic heterocycles. The highest BCUT2D eigenvalue weighted by molar-refractivity contribution is 5.76. The fraction of sp³-hybridized carbons (Fsp3) is 0.417. The number of urea groups is 1. The van der Waals surface area contributed by atoms with Crippen LogP contribution in [-0.2, 0) is 13.5 Å². The Bertz CT molecular complexity index is 1090. The maximum Gasteiger partial charge on any atom is 0.419 e. The van der Waals surface area contributed by atoms with Crippen LogP contribution in [0.3, 0.4) is 0 Å². The molecule has 2 aromatic carbocycles. The number of aromatic nitrogens is 1. The third kappa shape index (κ3) is 4.82. The number of carbonyl (C=O) groups is 1. The van der Waals surface area contributed by atoms with E-state index in [1.165, 1.54) is 10.1 Å². The molecular formula is C24H30N4O3. The van der Waals surface area contributed by atoms with Gasteiger partial charge in [0.1, 0.15) is 0 Å². The van der Waals surface area contributed by atoms with E-state index in [-0.39, 0.29) is 17.8 Å². The minimum absolute atomic E-state index is 0.0348. The summed E-state index contributed by atoms with van der Waals surface area (Å²) in [7, 11) is 3.76. The van der Waals surface area contributed by atoms with Crippen LogP contribution >= 0.6 is 0 Å². The Hall–Kier alpha value is -3.06. The zero-order valence-corrected chi connectivity index (χ0v) is 18.2. The molecule has 1 fully saturated rings. The summed E-state index contributed by atoms with van der Waals surface area (Å²) in [5, 5.41) is 3.09. The lowest BCUT2D eigenvalue weighted by molar-refractivity contribution is 0.109. The molecule has 7 heteroatoms. The number of amides is 2. The second-order valence-corrected chi connectivity index (χ2v) is 8.30. The van der Waals surface area contributed by atoms with Gasteiger partial charge in [-0.3, -0.25) is 4.57 Å². The first-order valence-corrected chi connectivity index (χ1v) is 10.9. The molecule has 3 aromatic rings. The summed E-state index contributed by atoms with van der Waals surface area (Å²) >= 11 is 0. The molecule has 1 saturated heterocycles. The second-order valence-electron chi connectivity index (χ2n) is 8.30. The number of hydrogen-bond donors (Lipinski definition) is 1. The van der Waals surface area contributed by atoms with E-state index in [0.717, 1.165) is 43.4 Å². The van der Waals surface area contributed by atoms with Crippen LogP contribution in [-0.4, -0.2) is 53.6 Å². The zero-order valence-electron chi connectivity index (χ0n) is 18.2. The fourth-order valence-electron chi connectivity index (χ4n) is 4.20. The van der Waals surface area contributed by atoms with Crippen LogP contribution in [0.25, 0.3) is 11.1 Å². The van der Waals surface area contributed by atoms with Gasteiger partial charge in [-0.2, -0.15) is 0 Å². The summed E-state index contributed by atoms with van der Waals surface area (Å²) in [6.45, 7) is 2.90. The SMILES string of the molecule is CN1CCN(C(=O)NCCCCc2ccccc2)C(c2ccc3c(c2)oc(=O)n3C)C1. The minimum atomic E-state index is -0.377. The van der Waals surface area contributed by atoms with Crippen molar-refractivity contribution in [2.75, 3.05) is 33.2 Å². The lowest BCUT2D eigenvalue weighted by Crippen LogP contribution is -2.52. The molecular weight excluding hydrogens is 392 g/mol. The smallest absolute Gasteiger partial charge is 0.408 e. The second kappa shape index (κ2) is 9.39. The van der Waals surface area contributed by atoms with E-state index in [9.17, 15) is 9.59 Å². The van der Waals surface area contributed by atoms with Crippen molar-refractivity contribution in [3.05, 3.63) is 70.2 Å². The van der Waals surface area contributed by atoms with Crippen molar-refractivity contribution in [1.29, 1.82) is 0 Å². The van der Waals surface area contributed by atoms with Gasteiger partial charge in [0.15, 0.2) is 5.58 Å². The van der Waals surface area contributed by atoms with Gasteiger partial charge in [-0.25, -0.2) is 9.59 Å². The molecule has 1 atom stereocenters. The molecule has 0 aliphatic carbocycles. The highest BCUT2D eigenvalue weighted by Gasteiger charge is 2.30. The van der Waals surface area contributed by atoms with E-state index in [4.69, 9.17) is 4.42 Å². The summed E-state index contributed by atoms with van der Waals surface area (Å²) in [5.41, 5.74) is 3.62. The van der Waals surface area contributed by atoms with E-state index in [0.29, 0.717) is 18.7 Å². The number of nitrogens with zero attached hydrogens (tertiary/aromatic N) is 3. The predicted molar refractivity (Wildman–Crippen MR) is 121 cm³/mol. The standard InChI is InChI=1S/C24H30N4O3/c1-26-14-15-28(23(29)25-13-7-6-10-18-8-4-3-5-9-18)21(17-26)19-11-12-20-22(16-19)31-24(30)27(20)2/h3-5,8-9,11-12,16,21H,6-7,10,13-15,17H2,1-2H3,(H,25,29).